The molecule has 0 saturated carbocycles. The molecule has 0 aliphatic heterocycles. The summed E-state index contributed by atoms with van der Waals surface area (Å²) in [5.74, 6) is -0.0508. The number of carbonyl (C=O) groups is 1. The smallest absolute Gasteiger partial charge is 0.261 e. The monoisotopic (exact) mass is 324 g/mol. The SMILES string of the molecule is Cc1cc(C(=O)NC(C)c2cccnc2)sc1Br. The highest BCUT2D eigenvalue weighted by Gasteiger charge is 2.14. The first-order valence-corrected chi connectivity index (χ1v) is 7.15. The largest absolute Gasteiger partial charge is 0.345 e. The van der Waals surface area contributed by atoms with Gasteiger partial charge in [-0.3, -0.25) is 9.78 Å². The van der Waals surface area contributed by atoms with Gasteiger partial charge in [0.2, 0.25) is 0 Å². The van der Waals surface area contributed by atoms with Crippen molar-refractivity contribution >= 4 is 33.2 Å². The van der Waals surface area contributed by atoms with Crippen LogP contribution < -0.4 is 5.32 Å². The van der Waals surface area contributed by atoms with Gasteiger partial charge >= 0.3 is 0 Å². The van der Waals surface area contributed by atoms with Crippen LogP contribution in [0.2, 0.25) is 0 Å². The summed E-state index contributed by atoms with van der Waals surface area (Å²) >= 11 is 4.87. The van der Waals surface area contributed by atoms with Crippen LogP contribution in [0.25, 0.3) is 0 Å². The second-order valence-electron chi connectivity index (χ2n) is 4.05. The molecule has 2 rings (SSSR count). The molecule has 0 saturated heterocycles. The lowest BCUT2D eigenvalue weighted by molar-refractivity contribution is 0.0944. The van der Waals surface area contributed by atoms with Crippen molar-refractivity contribution in [3.05, 3.63) is 50.4 Å². The maximum atomic E-state index is 12.1. The molecular weight excluding hydrogens is 312 g/mol. The van der Waals surface area contributed by atoms with E-state index in [0.29, 0.717) is 0 Å². The minimum Gasteiger partial charge on any atom is -0.345 e. The minimum absolute atomic E-state index is 0.0487. The van der Waals surface area contributed by atoms with E-state index in [9.17, 15) is 4.79 Å². The Labute approximate surface area is 118 Å². The lowest BCUT2D eigenvalue weighted by Gasteiger charge is -2.12. The van der Waals surface area contributed by atoms with Crippen molar-refractivity contribution in [2.24, 2.45) is 0 Å². The number of nitrogens with one attached hydrogen (secondary N) is 1. The van der Waals surface area contributed by atoms with E-state index in [1.54, 1.807) is 12.4 Å². The lowest BCUT2D eigenvalue weighted by atomic mass is 10.1. The van der Waals surface area contributed by atoms with Crippen molar-refractivity contribution < 1.29 is 4.79 Å². The number of halogens is 1. The maximum absolute atomic E-state index is 12.1. The van der Waals surface area contributed by atoms with Crippen LogP contribution in [0.15, 0.2) is 34.4 Å². The predicted molar refractivity (Wildman–Crippen MR) is 76.9 cm³/mol. The molecule has 0 bridgehead atoms. The van der Waals surface area contributed by atoms with Crippen molar-refractivity contribution in [3.8, 4) is 0 Å². The Morgan fingerprint density at radius 1 is 1.56 bits per heavy atom. The van der Waals surface area contributed by atoms with E-state index in [4.69, 9.17) is 0 Å². The normalized spacial score (nSPS) is 12.2. The molecule has 1 unspecified atom stereocenters. The van der Waals surface area contributed by atoms with E-state index < -0.39 is 0 Å². The van der Waals surface area contributed by atoms with Gasteiger partial charge in [-0.15, -0.1) is 11.3 Å². The summed E-state index contributed by atoms with van der Waals surface area (Å²) in [6.45, 7) is 3.92. The van der Waals surface area contributed by atoms with Gasteiger partial charge in [-0.25, -0.2) is 0 Å². The number of carbonyl (C=O) groups excluding carboxylic acids is 1. The topological polar surface area (TPSA) is 42.0 Å². The molecule has 0 fully saturated rings. The van der Waals surface area contributed by atoms with Gasteiger partial charge in [-0.05, 0) is 53.0 Å². The number of amides is 1. The lowest BCUT2D eigenvalue weighted by Crippen LogP contribution is -2.25. The third-order valence-electron chi connectivity index (χ3n) is 2.61. The molecule has 0 aliphatic carbocycles. The molecule has 0 aromatic carbocycles. The van der Waals surface area contributed by atoms with E-state index in [1.165, 1.54) is 11.3 Å². The first-order chi connectivity index (χ1) is 8.58. The van der Waals surface area contributed by atoms with Gasteiger partial charge in [0.25, 0.3) is 5.91 Å². The molecule has 2 aromatic heterocycles. The van der Waals surface area contributed by atoms with E-state index in [1.807, 2.05) is 32.0 Å². The second kappa shape index (κ2) is 5.63. The highest BCUT2D eigenvalue weighted by Crippen LogP contribution is 2.27. The van der Waals surface area contributed by atoms with Crippen LogP contribution in [-0.4, -0.2) is 10.9 Å². The Hall–Kier alpha value is -1.20. The Kier molecular flexibility index (Phi) is 4.14. The molecule has 1 N–H and O–H groups in total. The molecular formula is C13H13BrN2OS. The van der Waals surface area contributed by atoms with Crippen LogP contribution in [0.3, 0.4) is 0 Å². The van der Waals surface area contributed by atoms with Gasteiger partial charge in [0.15, 0.2) is 0 Å². The van der Waals surface area contributed by atoms with Crippen molar-refractivity contribution in [1.29, 1.82) is 0 Å². The zero-order chi connectivity index (χ0) is 13.1. The van der Waals surface area contributed by atoms with Crippen molar-refractivity contribution in [3.63, 3.8) is 0 Å². The van der Waals surface area contributed by atoms with Crippen LogP contribution in [0, 0.1) is 6.92 Å². The first-order valence-electron chi connectivity index (χ1n) is 5.54. The fourth-order valence-corrected chi connectivity index (χ4v) is 2.99. The summed E-state index contributed by atoms with van der Waals surface area (Å²) in [6.07, 6.45) is 3.48. The van der Waals surface area contributed by atoms with Crippen molar-refractivity contribution in [1.82, 2.24) is 10.3 Å². The van der Waals surface area contributed by atoms with Gasteiger partial charge in [0, 0.05) is 12.4 Å². The van der Waals surface area contributed by atoms with Gasteiger partial charge < -0.3 is 5.32 Å². The second-order valence-corrected chi connectivity index (χ2v) is 6.42. The molecule has 2 heterocycles. The number of hydrogen-bond donors (Lipinski definition) is 1. The van der Waals surface area contributed by atoms with Crippen LogP contribution in [0.5, 0.6) is 0 Å². The molecule has 0 radical (unpaired) electrons. The summed E-state index contributed by atoms with van der Waals surface area (Å²) < 4.78 is 1.00. The number of thiophene rings is 1. The molecule has 3 nitrogen and oxygen atoms in total. The molecule has 2 aromatic rings. The molecule has 1 amide bonds. The molecule has 0 aliphatic rings. The summed E-state index contributed by atoms with van der Waals surface area (Å²) in [4.78, 5) is 16.8. The summed E-state index contributed by atoms with van der Waals surface area (Å²) in [7, 11) is 0. The zero-order valence-corrected chi connectivity index (χ0v) is 12.5. The molecule has 1 atom stereocenters. The highest BCUT2D eigenvalue weighted by molar-refractivity contribution is 9.11. The summed E-state index contributed by atoms with van der Waals surface area (Å²) in [5, 5.41) is 2.96. The maximum Gasteiger partial charge on any atom is 0.261 e. The number of aryl methyl sites for hydroxylation is 1. The number of nitrogens with zero attached hydrogens (tertiary/aromatic N) is 1. The standard InChI is InChI=1S/C13H13BrN2OS/c1-8-6-11(18-12(8)14)13(17)16-9(2)10-4-3-5-15-7-10/h3-7,9H,1-2H3,(H,16,17). The third kappa shape index (κ3) is 2.97. The zero-order valence-electron chi connectivity index (χ0n) is 10.1. The quantitative estimate of drug-likeness (QED) is 0.935. The summed E-state index contributed by atoms with van der Waals surface area (Å²) in [5.41, 5.74) is 2.08. The Bertz CT molecular complexity index is 534. The summed E-state index contributed by atoms with van der Waals surface area (Å²) in [6, 6.07) is 5.66. The van der Waals surface area contributed by atoms with Gasteiger partial charge in [-0.2, -0.15) is 0 Å². The van der Waals surface area contributed by atoms with Gasteiger partial charge in [0.05, 0.1) is 14.7 Å². The van der Waals surface area contributed by atoms with Gasteiger partial charge in [-0.1, -0.05) is 6.07 Å². The molecule has 18 heavy (non-hydrogen) atoms. The van der Waals surface area contributed by atoms with Crippen molar-refractivity contribution in [2.75, 3.05) is 0 Å². The van der Waals surface area contributed by atoms with Crippen LogP contribution >= 0.6 is 27.3 Å². The van der Waals surface area contributed by atoms with E-state index in [-0.39, 0.29) is 11.9 Å². The predicted octanol–water partition coefficient (Wildman–Crippen LogP) is 3.71. The highest BCUT2D eigenvalue weighted by atomic mass is 79.9. The number of pyridine rings is 1. The average Bonchev–Trinajstić information content (AvgIpc) is 2.71. The number of aromatic nitrogens is 1. The van der Waals surface area contributed by atoms with E-state index >= 15 is 0 Å². The van der Waals surface area contributed by atoms with Crippen molar-refractivity contribution in [2.45, 2.75) is 19.9 Å². The first kappa shape index (κ1) is 13.2. The fraction of sp³-hybridized carbons (Fsp3) is 0.231. The molecule has 5 heteroatoms. The number of rotatable bonds is 3. The van der Waals surface area contributed by atoms with Crippen LogP contribution in [0.4, 0.5) is 0 Å². The Morgan fingerprint density at radius 2 is 2.33 bits per heavy atom. The molecule has 0 spiro atoms. The van der Waals surface area contributed by atoms with Crippen LogP contribution in [-0.2, 0) is 0 Å². The average molecular weight is 325 g/mol. The van der Waals surface area contributed by atoms with E-state index in [0.717, 1.165) is 19.8 Å². The van der Waals surface area contributed by atoms with E-state index in [2.05, 4.69) is 26.2 Å². The third-order valence-corrected chi connectivity index (χ3v) is 4.75. The Balaban J connectivity index is 2.08. The van der Waals surface area contributed by atoms with Crippen LogP contribution in [0.1, 0.15) is 33.8 Å². The minimum atomic E-state index is -0.0508. The van der Waals surface area contributed by atoms with Gasteiger partial charge in [0.1, 0.15) is 0 Å². The Morgan fingerprint density at radius 3 is 2.89 bits per heavy atom. The number of hydrogen-bond acceptors (Lipinski definition) is 3. The molecule has 94 valence electrons. The fourth-order valence-electron chi connectivity index (χ4n) is 1.55.